The van der Waals surface area contributed by atoms with Crippen molar-refractivity contribution in [2.24, 2.45) is 0 Å². The van der Waals surface area contributed by atoms with Crippen LogP contribution in [0.1, 0.15) is 194 Å². The molecule has 0 aromatic rings. The van der Waals surface area contributed by atoms with Crippen molar-refractivity contribution in [2.45, 2.75) is 194 Å². The lowest BCUT2D eigenvalue weighted by molar-refractivity contribution is -0.143. The molecule has 0 heterocycles. The van der Waals surface area contributed by atoms with Gasteiger partial charge in [-0.1, -0.05) is 161 Å². The highest BCUT2D eigenvalue weighted by Gasteiger charge is 2.02. The molecule has 214 valence electrons. The smallest absolute Gasteiger partial charge is 0.305 e. The molecule has 0 radical (unpaired) electrons. The zero-order valence-corrected chi connectivity index (χ0v) is 25.0. The minimum absolute atomic E-state index is 0.0197. The van der Waals surface area contributed by atoms with Gasteiger partial charge in [0.15, 0.2) is 0 Å². The van der Waals surface area contributed by atoms with E-state index < -0.39 is 0 Å². The summed E-state index contributed by atoms with van der Waals surface area (Å²) in [6.45, 7) is 5.18. The monoisotopic (exact) mass is 507 g/mol. The maximum Gasteiger partial charge on any atom is 0.305 e. The Kier molecular flexibility index (Phi) is 31.5. The van der Waals surface area contributed by atoms with Gasteiger partial charge >= 0.3 is 5.97 Å². The maximum atomic E-state index is 11.8. The molecule has 0 saturated carbocycles. The van der Waals surface area contributed by atoms with Crippen LogP contribution >= 0.6 is 0 Å². The highest BCUT2D eigenvalue weighted by atomic mass is 16.5. The van der Waals surface area contributed by atoms with E-state index in [0.29, 0.717) is 13.0 Å². The van der Waals surface area contributed by atoms with E-state index in [1.807, 2.05) is 0 Å². The molecule has 0 aliphatic heterocycles. The fraction of sp³-hybridized carbons (Fsp3) is 0.912. The topological polar surface area (TPSA) is 26.3 Å². The third-order valence-electron chi connectivity index (χ3n) is 7.40. The molecular formula is C34H66O2. The number of carbonyl (C=O) groups is 1. The van der Waals surface area contributed by atoms with Gasteiger partial charge in [0.1, 0.15) is 0 Å². The Labute approximate surface area is 227 Å². The molecule has 0 spiro atoms. The predicted molar refractivity (Wildman–Crippen MR) is 161 cm³/mol. The highest BCUT2D eigenvalue weighted by molar-refractivity contribution is 5.69. The Morgan fingerprint density at radius 2 is 0.778 bits per heavy atom. The van der Waals surface area contributed by atoms with Gasteiger partial charge < -0.3 is 4.74 Å². The molecule has 0 aliphatic rings. The SMILES string of the molecule is CCCCCCCC/C=C\CCCCCCCCCCCCOC(=O)CCCCCCCCCCC. The Morgan fingerprint density at radius 3 is 1.19 bits per heavy atom. The van der Waals surface area contributed by atoms with Gasteiger partial charge in [-0.2, -0.15) is 0 Å². The number of esters is 1. The predicted octanol–water partition coefficient (Wildman–Crippen LogP) is 12.0. The van der Waals surface area contributed by atoms with Gasteiger partial charge in [-0.05, 0) is 38.5 Å². The summed E-state index contributed by atoms with van der Waals surface area (Å²) in [6, 6.07) is 0. The molecule has 2 heteroatoms. The van der Waals surface area contributed by atoms with Crippen molar-refractivity contribution in [1.82, 2.24) is 0 Å². The Morgan fingerprint density at radius 1 is 0.444 bits per heavy atom. The largest absolute Gasteiger partial charge is 0.466 e. The van der Waals surface area contributed by atoms with E-state index >= 15 is 0 Å². The fourth-order valence-electron chi connectivity index (χ4n) is 4.89. The molecule has 0 N–H and O–H groups in total. The summed E-state index contributed by atoms with van der Waals surface area (Å²) < 4.78 is 5.41. The Balaban J connectivity index is 3.16. The highest BCUT2D eigenvalue weighted by Crippen LogP contribution is 2.13. The van der Waals surface area contributed by atoms with E-state index in [0.717, 1.165) is 12.8 Å². The number of carbonyl (C=O) groups excluding carboxylic acids is 1. The van der Waals surface area contributed by atoms with Crippen LogP contribution < -0.4 is 0 Å². The van der Waals surface area contributed by atoms with Crippen molar-refractivity contribution in [2.75, 3.05) is 6.61 Å². The first-order valence-corrected chi connectivity index (χ1v) is 16.6. The molecule has 0 fully saturated rings. The van der Waals surface area contributed by atoms with Gasteiger partial charge in [0.05, 0.1) is 6.61 Å². The molecule has 36 heavy (non-hydrogen) atoms. The first-order valence-electron chi connectivity index (χ1n) is 16.6. The molecule has 0 rings (SSSR count). The second-order valence-corrected chi connectivity index (χ2v) is 11.2. The lowest BCUT2D eigenvalue weighted by Crippen LogP contribution is -2.05. The van der Waals surface area contributed by atoms with Crippen molar-refractivity contribution in [3.05, 3.63) is 12.2 Å². The molecule has 0 saturated heterocycles. The average Bonchev–Trinajstić information content (AvgIpc) is 2.88. The molecular weight excluding hydrogens is 440 g/mol. The Bertz CT molecular complexity index is 442. The van der Waals surface area contributed by atoms with Crippen LogP contribution in [0.3, 0.4) is 0 Å². The molecule has 0 aliphatic carbocycles. The van der Waals surface area contributed by atoms with Crippen molar-refractivity contribution in [1.29, 1.82) is 0 Å². The third kappa shape index (κ3) is 31.2. The van der Waals surface area contributed by atoms with Crippen LogP contribution in [0.15, 0.2) is 12.2 Å². The van der Waals surface area contributed by atoms with Gasteiger partial charge in [-0.15, -0.1) is 0 Å². The van der Waals surface area contributed by atoms with Crippen molar-refractivity contribution in [3.8, 4) is 0 Å². The molecule has 0 aromatic carbocycles. The van der Waals surface area contributed by atoms with E-state index in [4.69, 9.17) is 4.74 Å². The van der Waals surface area contributed by atoms with Gasteiger partial charge in [0.25, 0.3) is 0 Å². The molecule has 0 aromatic heterocycles. The van der Waals surface area contributed by atoms with Gasteiger partial charge in [-0.3, -0.25) is 4.79 Å². The summed E-state index contributed by atoms with van der Waals surface area (Å²) in [7, 11) is 0. The van der Waals surface area contributed by atoms with Crippen LogP contribution in [0.4, 0.5) is 0 Å². The van der Waals surface area contributed by atoms with Crippen molar-refractivity contribution >= 4 is 5.97 Å². The number of rotatable bonds is 30. The van der Waals surface area contributed by atoms with Crippen LogP contribution in [-0.2, 0) is 9.53 Å². The molecule has 0 bridgehead atoms. The summed E-state index contributed by atoms with van der Waals surface area (Å²) in [5.74, 6) is 0.0197. The van der Waals surface area contributed by atoms with Crippen LogP contribution in [0, 0.1) is 0 Å². The second-order valence-electron chi connectivity index (χ2n) is 11.2. The number of ether oxygens (including phenoxy) is 1. The molecule has 0 amide bonds. The molecule has 0 unspecified atom stereocenters. The van der Waals surface area contributed by atoms with E-state index in [9.17, 15) is 4.79 Å². The van der Waals surface area contributed by atoms with Crippen molar-refractivity contribution < 1.29 is 9.53 Å². The lowest BCUT2D eigenvalue weighted by atomic mass is 10.1. The average molecular weight is 507 g/mol. The second kappa shape index (κ2) is 32.2. The first kappa shape index (κ1) is 35.2. The normalized spacial score (nSPS) is 11.5. The van der Waals surface area contributed by atoms with Crippen LogP contribution in [0.2, 0.25) is 0 Å². The van der Waals surface area contributed by atoms with Crippen LogP contribution in [-0.4, -0.2) is 12.6 Å². The fourth-order valence-corrected chi connectivity index (χ4v) is 4.89. The van der Waals surface area contributed by atoms with E-state index in [-0.39, 0.29) is 5.97 Å². The molecule has 0 atom stereocenters. The maximum absolute atomic E-state index is 11.8. The number of hydrogen-bond acceptors (Lipinski definition) is 2. The zero-order chi connectivity index (χ0) is 26.2. The van der Waals surface area contributed by atoms with Gasteiger partial charge in [-0.25, -0.2) is 0 Å². The zero-order valence-electron chi connectivity index (χ0n) is 25.0. The Hall–Kier alpha value is -0.790. The summed E-state index contributed by atoms with van der Waals surface area (Å²) in [4.78, 5) is 11.8. The minimum Gasteiger partial charge on any atom is -0.466 e. The third-order valence-corrected chi connectivity index (χ3v) is 7.40. The number of hydrogen-bond donors (Lipinski definition) is 0. The summed E-state index contributed by atoms with van der Waals surface area (Å²) in [5.41, 5.74) is 0. The number of unbranched alkanes of at least 4 members (excludes halogenated alkanes) is 24. The standard InChI is InChI=1S/C34H66O2/c1-3-5-7-9-11-13-14-15-16-17-18-19-20-21-22-23-25-27-29-31-33-36-34(35)32-30-28-26-24-12-10-8-6-4-2/h15-16H,3-14,17-33H2,1-2H3/b16-15-. The van der Waals surface area contributed by atoms with Crippen LogP contribution in [0.25, 0.3) is 0 Å². The van der Waals surface area contributed by atoms with Crippen molar-refractivity contribution in [3.63, 3.8) is 0 Å². The quantitative estimate of drug-likeness (QED) is 0.0550. The number of allylic oxidation sites excluding steroid dienone is 2. The minimum atomic E-state index is 0.0197. The summed E-state index contributed by atoms with van der Waals surface area (Å²) in [5, 5.41) is 0. The lowest BCUT2D eigenvalue weighted by Gasteiger charge is -2.05. The molecule has 2 nitrogen and oxygen atoms in total. The first-order chi connectivity index (χ1) is 17.8. The van der Waals surface area contributed by atoms with Gasteiger partial charge in [0.2, 0.25) is 0 Å². The van der Waals surface area contributed by atoms with Gasteiger partial charge in [0, 0.05) is 6.42 Å². The van der Waals surface area contributed by atoms with Crippen LogP contribution in [0.5, 0.6) is 0 Å². The summed E-state index contributed by atoms with van der Waals surface area (Å²) in [6.07, 6.45) is 41.2. The van der Waals surface area contributed by atoms with E-state index in [2.05, 4.69) is 26.0 Å². The van der Waals surface area contributed by atoms with E-state index in [1.165, 1.54) is 161 Å². The van der Waals surface area contributed by atoms with E-state index in [1.54, 1.807) is 0 Å². The summed E-state index contributed by atoms with van der Waals surface area (Å²) >= 11 is 0.